The Hall–Kier alpha value is -2.30. The van der Waals surface area contributed by atoms with Gasteiger partial charge in [-0.1, -0.05) is 0 Å². The van der Waals surface area contributed by atoms with Crippen LogP contribution in [0.2, 0.25) is 0 Å². The fourth-order valence-corrected chi connectivity index (χ4v) is 5.90. The number of nitrogens with one attached hydrogen (secondary N) is 1. The molecule has 0 radical (unpaired) electrons. The van der Waals surface area contributed by atoms with Crippen molar-refractivity contribution in [3.8, 4) is 0 Å². The first-order valence-electron chi connectivity index (χ1n) is 11.4. The molecular weight excluding hydrogens is 418 g/mol. The van der Waals surface area contributed by atoms with Crippen molar-refractivity contribution in [3.05, 3.63) is 29.5 Å². The smallest absolute Gasteiger partial charge is 0.264 e. The number of rotatable bonds is 3. The van der Waals surface area contributed by atoms with Crippen molar-refractivity contribution in [3.63, 3.8) is 0 Å². The average molecular weight is 447 g/mol. The van der Waals surface area contributed by atoms with E-state index in [1.54, 1.807) is 0 Å². The summed E-state index contributed by atoms with van der Waals surface area (Å²) in [5.74, 6) is 0.922. The van der Waals surface area contributed by atoms with E-state index < -0.39 is 6.43 Å². The lowest BCUT2D eigenvalue weighted by Gasteiger charge is -2.43. The van der Waals surface area contributed by atoms with Crippen LogP contribution in [0, 0.1) is 0 Å². The largest absolute Gasteiger partial charge is 0.384 e. The molecule has 0 aliphatic carbocycles. The number of aromatic nitrogens is 1. The highest BCUT2D eigenvalue weighted by atomic mass is 19.3. The van der Waals surface area contributed by atoms with E-state index in [0.717, 1.165) is 31.5 Å². The number of amidine groups is 1. The Morgan fingerprint density at radius 3 is 2.28 bits per heavy atom. The molecule has 8 nitrogen and oxygen atoms in total. The van der Waals surface area contributed by atoms with Gasteiger partial charge in [0, 0.05) is 41.2 Å². The molecule has 172 valence electrons. The zero-order valence-electron chi connectivity index (χ0n) is 17.8. The number of morpholine rings is 2. The third kappa shape index (κ3) is 3.36. The van der Waals surface area contributed by atoms with Gasteiger partial charge in [0.05, 0.1) is 38.5 Å². The van der Waals surface area contributed by atoms with Crippen LogP contribution in [0.5, 0.6) is 0 Å². The second kappa shape index (κ2) is 7.93. The number of anilines is 1. The van der Waals surface area contributed by atoms with E-state index in [0.29, 0.717) is 37.7 Å². The van der Waals surface area contributed by atoms with E-state index in [1.165, 1.54) is 12.3 Å². The van der Waals surface area contributed by atoms with Crippen molar-refractivity contribution in [2.45, 2.75) is 62.6 Å². The molecule has 32 heavy (non-hydrogen) atoms. The molecule has 4 saturated heterocycles. The Kier molecular flexibility index (Phi) is 5.03. The van der Waals surface area contributed by atoms with Crippen molar-refractivity contribution in [2.75, 3.05) is 32.2 Å². The number of hydrogen-bond acceptors (Lipinski definition) is 8. The number of ether oxygens (including phenoxy) is 2. The van der Waals surface area contributed by atoms with E-state index >= 15 is 0 Å². The van der Waals surface area contributed by atoms with Gasteiger partial charge in [0.15, 0.2) is 6.29 Å². The summed E-state index contributed by atoms with van der Waals surface area (Å²) in [5, 5.41) is 3.45. The molecule has 5 unspecified atom stereocenters. The number of halogens is 2. The zero-order valence-corrected chi connectivity index (χ0v) is 17.8. The lowest BCUT2D eigenvalue weighted by Crippen LogP contribution is -2.58. The van der Waals surface area contributed by atoms with E-state index in [4.69, 9.17) is 20.2 Å². The minimum absolute atomic E-state index is 0.0864. The molecule has 0 aromatic carbocycles. The zero-order chi connectivity index (χ0) is 21.8. The number of alkyl halides is 2. The normalized spacial score (nSPS) is 34.5. The second-order valence-electron chi connectivity index (χ2n) is 9.26. The van der Waals surface area contributed by atoms with Crippen molar-refractivity contribution in [2.24, 2.45) is 4.99 Å². The van der Waals surface area contributed by atoms with Crippen LogP contribution in [0.4, 0.5) is 14.6 Å². The van der Waals surface area contributed by atoms with Gasteiger partial charge in [0.25, 0.3) is 6.43 Å². The molecule has 5 aliphatic rings. The van der Waals surface area contributed by atoms with Crippen molar-refractivity contribution in [1.82, 2.24) is 20.1 Å². The molecular formula is C22H28F2N6O2. The van der Waals surface area contributed by atoms with Crippen LogP contribution in [0.25, 0.3) is 5.70 Å². The van der Waals surface area contributed by atoms with E-state index in [-0.39, 0.29) is 41.8 Å². The molecule has 0 spiro atoms. The van der Waals surface area contributed by atoms with Crippen LogP contribution in [0.3, 0.4) is 0 Å². The first-order chi connectivity index (χ1) is 15.6. The van der Waals surface area contributed by atoms with Crippen LogP contribution >= 0.6 is 0 Å². The summed E-state index contributed by atoms with van der Waals surface area (Å²) in [6.45, 7) is 2.69. The minimum Gasteiger partial charge on any atom is -0.384 e. The highest BCUT2D eigenvalue weighted by molar-refractivity contribution is 6.01. The van der Waals surface area contributed by atoms with Gasteiger partial charge in [0.1, 0.15) is 11.7 Å². The fourth-order valence-electron chi connectivity index (χ4n) is 5.90. The maximum Gasteiger partial charge on any atom is 0.264 e. The van der Waals surface area contributed by atoms with Gasteiger partial charge in [-0.15, -0.1) is 0 Å². The number of nitrogens with two attached hydrogens (primary N) is 1. The number of nitrogen functional groups attached to an aromatic ring is 1. The van der Waals surface area contributed by atoms with Crippen LogP contribution in [0.1, 0.15) is 43.2 Å². The molecule has 3 N–H and O–H groups in total. The highest BCUT2D eigenvalue weighted by Crippen LogP contribution is 2.36. The van der Waals surface area contributed by atoms with Crippen molar-refractivity contribution < 1.29 is 18.3 Å². The van der Waals surface area contributed by atoms with Gasteiger partial charge in [-0.25, -0.2) is 18.8 Å². The highest BCUT2D eigenvalue weighted by Gasteiger charge is 2.45. The molecule has 1 aromatic heterocycles. The summed E-state index contributed by atoms with van der Waals surface area (Å²) in [6, 6.07) is 2.35. The SMILES string of the molecule is Nc1cc(C(F)F)c(C2=CC(N3C4CCC3COC4)=NC(N3C4CCC3COC4)N2)cn1. The van der Waals surface area contributed by atoms with E-state index in [9.17, 15) is 8.78 Å². The Morgan fingerprint density at radius 1 is 1.00 bits per heavy atom. The third-order valence-electron chi connectivity index (χ3n) is 7.38. The van der Waals surface area contributed by atoms with Gasteiger partial charge >= 0.3 is 0 Å². The van der Waals surface area contributed by atoms with Crippen LogP contribution in [-0.2, 0) is 9.47 Å². The molecule has 0 saturated carbocycles. The van der Waals surface area contributed by atoms with Gasteiger partial charge in [-0.2, -0.15) is 0 Å². The Labute approximate surface area is 185 Å². The predicted molar refractivity (Wildman–Crippen MR) is 115 cm³/mol. The molecule has 0 amide bonds. The van der Waals surface area contributed by atoms with Crippen LogP contribution in [-0.4, -0.2) is 77.5 Å². The molecule has 10 heteroatoms. The monoisotopic (exact) mass is 446 g/mol. The molecule has 6 rings (SSSR count). The number of fused-ring (bicyclic) bond motifs is 4. The molecule has 4 bridgehead atoms. The summed E-state index contributed by atoms with van der Waals surface area (Å²) in [6.07, 6.45) is 4.57. The van der Waals surface area contributed by atoms with Crippen molar-refractivity contribution in [1.29, 1.82) is 0 Å². The standard InChI is InChI=1S/C22H28F2N6O2/c23-21(24)16-5-19(25)26-7-17(16)18-6-20(29-12-1-2-13(29)9-31-8-12)28-22(27-18)30-14-3-4-15(30)11-32-10-14/h5-7,12-15,21-22,27H,1-4,8-11H2,(H2,25,26). The number of hydrogen-bond donors (Lipinski definition) is 2. The van der Waals surface area contributed by atoms with Crippen LogP contribution in [0.15, 0.2) is 23.3 Å². The summed E-state index contributed by atoms with van der Waals surface area (Å²) >= 11 is 0. The second-order valence-corrected chi connectivity index (χ2v) is 9.26. The van der Waals surface area contributed by atoms with Gasteiger partial charge in [0.2, 0.25) is 0 Å². The van der Waals surface area contributed by atoms with Crippen molar-refractivity contribution >= 4 is 17.4 Å². The topological polar surface area (TPSA) is 88.2 Å². The minimum atomic E-state index is -2.65. The summed E-state index contributed by atoms with van der Waals surface area (Å²) in [4.78, 5) is 13.9. The maximum atomic E-state index is 13.9. The van der Waals surface area contributed by atoms with E-state index in [1.807, 2.05) is 6.08 Å². The first-order valence-corrected chi connectivity index (χ1v) is 11.4. The molecule has 5 atom stereocenters. The number of nitrogens with zero attached hydrogens (tertiary/aromatic N) is 4. The quantitative estimate of drug-likeness (QED) is 0.734. The molecule has 5 aliphatic heterocycles. The average Bonchev–Trinajstić information content (AvgIpc) is 3.20. The fraction of sp³-hybridized carbons (Fsp3) is 0.636. The summed E-state index contributed by atoms with van der Waals surface area (Å²) < 4.78 is 39.3. The molecule has 4 fully saturated rings. The predicted octanol–water partition coefficient (Wildman–Crippen LogP) is 1.95. The maximum absolute atomic E-state index is 13.9. The molecule has 6 heterocycles. The lowest BCUT2D eigenvalue weighted by atomic mass is 10.0. The molecule has 1 aromatic rings. The van der Waals surface area contributed by atoms with E-state index in [2.05, 4.69) is 20.1 Å². The van der Waals surface area contributed by atoms with Gasteiger partial charge in [-0.3, -0.25) is 4.90 Å². The lowest BCUT2D eigenvalue weighted by molar-refractivity contribution is -0.0391. The summed E-state index contributed by atoms with van der Waals surface area (Å²) in [5.41, 5.74) is 6.58. The number of pyridine rings is 1. The number of aliphatic imine (C=N–C) groups is 1. The van der Waals surface area contributed by atoms with Gasteiger partial charge in [-0.05, 0) is 31.7 Å². The summed E-state index contributed by atoms with van der Waals surface area (Å²) in [7, 11) is 0. The first kappa shape index (κ1) is 20.3. The Balaban J connectivity index is 1.41. The Morgan fingerprint density at radius 2 is 1.62 bits per heavy atom. The van der Waals surface area contributed by atoms with Crippen LogP contribution < -0.4 is 11.1 Å². The Bertz CT molecular complexity index is 924. The third-order valence-corrected chi connectivity index (χ3v) is 7.38. The van der Waals surface area contributed by atoms with Gasteiger partial charge < -0.3 is 25.4 Å².